The van der Waals surface area contributed by atoms with E-state index in [4.69, 9.17) is 16.3 Å². The summed E-state index contributed by atoms with van der Waals surface area (Å²) in [5.74, 6) is 0.269. The Morgan fingerprint density at radius 1 is 1.26 bits per heavy atom. The molecular weight excluding hydrogens is 372 g/mol. The first-order chi connectivity index (χ1) is 12.8. The van der Waals surface area contributed by atoms with Gasteiger partial charge in [0.1, 0.15) is 11.4 Å². The minimum absolute atomic E-state index is 0.236. The lowest BCUT2D eigenvalue weighted by atomic mass is 10.1. The number of anilines is 1. The van der Waals surface area contributed by atoms with Crippen molar-refractivity contribution in [2.75, 3.05) is 5.32 Å². The number of pyridine rings is 1. The number of benzene rings is 1. The highest BCUT2D eigenvalue weighted by Gasteiger charge is 2.29. The van der Waals surface area contributed by atoms with E-state index in [-0.39, 0.29) is 16.9 Å². The molecule has 0 saturated heterocycles. The number of ether oxygens (including phenoxy) is 1. The number of nitrogens with zero attached hydrogens (tertiary/aromatic N) is 3. The maximum atomic E-state index is 12.5. The maximum Gasteiger partial charge on any atom is 0.332 e. The van der Waals surface area contributed by atoms with Gasteiger partial charge in [0.25, 0.3) is 11.5 Å². The maximum absolute atomic E-state index is 12.5. The first-order valence-corrected chi connectivity index (χ1v) is 8.54. The SMILES string of the molecule is Cn1c(=O)c2cc(NC(=O)C3Cc4cc(Cl)ccc4O3)cnc2n(C)c1=O. The van der Waals surface area contributed by atoms with Crippen molar-refractivity contribution in [3.8, 4) is 5.75 Å². The van der Waals surface area contributed by atoms with Crippen LogP contribution in [0.1, 0.15) is 5.56 Å². The molecule has 0 bridgehead atoms. The normalized spacial score (nSPS) is 15.4. The highest BCUT2D eigenvalue weighted by Crippen LogP contribution is 2.31. The summed E-state index contributed by atoms with van der Waals surface area (Å²) in [6.07, 6.45) is 1.11. The van der Waals surface area contributed by atoms with E-state index in [9.17, 15) is 14.4 Å². The molecule has 8 nitrogen and oxygen atoms in total. The van der Waals surface area contributed by atoms with Crippen molar-refractivity contribution in [2.45, 2.75) is 12.5 Å². The van der Waals surface area contributed by atoms with E-state index in [2.05, 4.69) is 10.3 Å². The Morgan fingerprint density at radius 2 is 2.04 bits per heavy atom. The molecule has 0 spiro atoms. The van der Waals surface area contributed by atoms with Crippen LogP contribution in [0.2, 0.25) is 5.02 Å². The summed E-state index contributed by atoms with van der Waals surface area (Å²) in [6.45, 7) is 0. The zero-order chi connectivity index (χ0) is 19.3. The van der Waals surface area contributed by atoms with Gasteiger partial charge in [-0.3, -0.25) is 18.7 Å². The highest BCUT2D eigenvalue weighted by molar-refractivity contribution is 6.30. The molecule has 1 amide bonds. The van der Waals surface area contributed by atoms with Crippen LogP contribution in [0.5, 0.6) is 5.75 Å². The summed E-state index contributed by atoms with van der Waals surface area (Å²) in [5, 5.41) is 3.53. The molecule has 1 unspecified atom stereocenters. The number of rotatable bonds is 2. The van der Waals surface area contributed by atoms with Crippen molar-refractivity contribution in [2.24, 2.45) is 14.1 Å². The number of aryl methyl sites for hydroxylation is 1. The molecule has 27 heavy (non-hydrogen) atoms. The summed E-state index contributed by atoms with van der Waals surface area (Å²) < 4.78 is 7.94. The standard InChI is InChI=1S/C18H15ClN4O4/c1-22-15-12(17(25)23(2)18(22)26)7-11(8-20-15)21-16(24)14-6-9-5-10(19)3-4-13(9)27-14/h3-5,7-8,14H,6H2,1-2H3,(H,21,24). The summed E-state index contributed by atoms with van der Waals surface area (Å²) in [7, 11) is 2.92. The number of amides is 1. The zero-order valence-electron chi connectivity index (χ0n) is 14.5. The Labute approximate surface area is 158 Å². The van der Waals surface area contributed by atoms with Crippen molar-refractivity contribution in [3.05, 3.63) is 61.9 Å². The summed E-state index contributed by atoms with van der Waals surface area (Å²) in [4.78, 5) is 41.0. The van der Waals surface area contributed by atoms with Crippen LogP contribution >= 0.6 is 11.6 Å². The molecule has 3 aromatic rings. The van der Waals surface area contributed by atoms with Gasteiger partial charge in [0, 0.05) is 25.5 Å². The second-order valence-corrected chi connectivity index (χ2v) is 6.79. The van der Waals surface area contributed by atoms with Crippen molar-refractivity contribution >= 4 is 34.2 Å². The number of fused-ring (bicyclic) bond motifs is 2. The minimum Gasteiger partial charge on any atom is -0.480 e. The molecule has 0 aliphatic carbocycles. The van der Waals surface area contributed by atoms with Crippen LogP contribution in [0.4, 0.5) is 5.69 Å². The molecule has 4 rings (SSSR count). The fraction of sp³-hybridized carbons (Fsp3) is 0.222. The average molecular weight is 387 g/mol. The van der Waals surface area contributed by atoms with E-state index in [1.807, 2.05) is 0 Å². The first kappa shape index (κ1) is 17.3. The van der Waals surface area contributed by atoms with E-state index in [0.717, 1.165) is 10.1 Å². The molecule has 9 heteroatoms. The molecule has 2 aromatic heterocycles. The third-order valence-electron chi connectivity index (χ3n) is 4.55. The molecule has 1 N–H and O–H groups in total. The van der Waals surface area contributed by atoms with Gasteiger partial charge in [0.2, 0.25) is 0 Å². The third kappa shape index (κ3) is 2.87. The van der Waals surface area contributed by atoms with Crippen molar-refractivity contribution in [1.82, 2.24) is 14.1 Å². The predicted octanol–water partition coefficient (Wildman–Crippen LogP) is 1.23. The smallest absolute Gasteiger partial charge is 0.332 e. The second kappa shape index (κ2) is 6.24. The lowest BCUT2D eigenvalue weighted by Crippen LogP contribution is -2.37. The fourth-order valence-electron chi connectivity index (χ4n) is 3.12. The van der Waals surface area contributed by atoms with Gasteiger partial charge in [-0.1, -0.05) is 11.6 Å². The third-order valence-corrected chi connectivity index (χ3v) is 4.79. The van der Waals surface area contributed by atoms with E-state index in [1.165, 1.54) is 30.9 Å². The number of halogens is 1. The lowest BCUT2D eigenvalue weighted by Gasteiger charge is -2.12. The van der Waals surface area contributed by atoms with Gasteiger partial charge in [-0.05, 0) is 29.8 Å². The second-order valence-electron chi connectivity index (χ2n) is 6.35. The van der Waals surface area contributed by atoms with Crippen molar-refractivity contribution < 1.29 is 9.53 Å². The molecule has 1 aliphatic heterocycles. The Balaban J connectivity index is 1.62. The number of aromatic nitrogens is 3. The van der Waals surface area contributed by atoms with Crippen LogP contribution < -0.4 is 21.3 Å². The van der Waals surface area contributed by atoms with Crippen LogP contribution in [0.15, 0.2) is 40.1 Å². The van der Waals surface area contributed by atoms with Crippen LogP contribution in [-0.2, 0) is 25.3 Å². The topological polar surface area (TPSA) is 95.2 Å². The predicted molar refractivity (Wildman–Crippen MR) is 100 cm³/mol. The monoisotopic (exact) mass is 386 g/mol. The average Bonchev–Trinajstić information content (AvgIpc) is 3.08. The van der Waals surface area contributed by atoms with Gasteiger partial charge in [-0.2, -0.15) is 0 Å². The van der Waals surface area contributed by atoms with Crippen LogP contribution in [0, 0.1) is 0 Å². The fourth-order valence-corrected chi connectivity index (χ4v) is 3.31. The Hall–Kier alpha value is -3.13. The molecule has 3 heterocycles. The van der Waals surface area contributed by atoms with Crippen molar-refractivity contribution in [3.63, 3.8) is 0 Å². The summed E-state index contributed by atoms with van der Waals surface area (Å²) >= 11 is 5.97. The number of nitrogens with one attached hydrogen (secondary N) is 1. The molecule has 1 atom stereocenters. The molecule has 1 aromatic carbocycles. The Morgan fingerprint density at radius 3 is 2.81 bits per heavy atom. The van der Waals surface area contributed by atoms with Gasteiger partial charge >= 0.3 is 5.69 Å². The van der Waals surface area contributed by atoms with Gasteiger partial charge < -0.3 is 10.1 Å². The van der Waals surface area contributed by atoms with Gasteiger partial charge in [0.15, 0.2) is 6.10 Å². The number of carbonyl (C=O) groups excluding carboxylic acids is 1. The van der Waals surface area contributed by atoms with Crippen LogP contribution in [0.25, 0.3) is 11.0 Å². The van der Waals surface area contributed by atoms with E-state index in [1.54, 1.807) is 18.2 Å². The van der Waals surface area contributed by atoms with Gasteiger partial charge in [-0.25, -0.2) is 9.78 Å². The quantitative estimate of drug-likeness (QED) is 0.714. The van der Waals surface area contributed by atoms with Crippen LogP contribution in [0.3, 0.4) is 0 Å². The summed E-state index contributed by atoms with van der Waals surface area (Å²) in [5.41, 5.74) is 0.521. The largest absolute Gasteiger partial charge is 0.480 e. The Bertz CT molecular complexity index is 1210. The van der Waals surface area contributed by atoms with E-state index < -0.39 is 17.4 Å². The molecule has 0 radical (unpaired) electrons. The molecule has 1 aliphatic rings. The number of hydrogen-bond acceptors (Lipinski definition) is 5. The van der Waals surface area contributed by atoms with Crippen molar-refractivity contribution in [1.29, 1.82) is 0 Å². The van der Waals surface area contributed by atoms with Gasteiger partial charge in [0.05, 0.1) is 17.3 Å². The minimum atomic E-state index is -0.697. The molecule has 0 saturated carbocycles. The van der Waals surface area contributed by atoms with E-state index >= 15 is 0 Å². The Kier molecular flexibility index (Phi) is 4.00. The van der Waals surface area contributed by atoms with Gasteiger partial charge in [-0.15, -0.1) is 0 Å². The highest BCUT2D eigenvalue weighted by atomic mass is 35.5. The molecular formula is C18H15ClN4O4. The lowest BCUT2D eigenvalue weighted by molar-refractivity contribution is -0.122. The van der Waals surface area contributed by atoms with Crippen LogP contribution in [-0.4, -0.2) is 26.1 Å². The first-order valence-electron chi connectivity index (χ1n) is 8.17. The van der Waals surface area contributed by atoms with E-state index in [0.29, 0.717) is 22.9 Å². The summed E-state index contributed by atoms with van der Waals surface area (Å²) in [6, 6.07) is 6.70. The zero-order valence-corrected chi connectivity index (χ0v) is 15.3. The number of hydrogen-bond donors (Lipinski definition) is 1. The molecule has 0 fully saturated rings. The molecule has 138 valence electrons. The number of carbonyl (C=O) groups is 1.